The van der Waals surface area contributed by atoms with E-state index in [-0.39, 0.29) is 5.92 Å². The summed E-state index contributed by atoms with van der Waals surface area (Å²) in [6.07, 6.45) is 2.64. The van der Waals surface area contributed by atoms with Crippen LogP contribution >= 0.6 is 11.6 Å². The molecule has 2 nitrogen and oxygen atoms in total. The van der Waals surface area contributed by atoms with Gasteiger partial charge in [0.15, 0.2) is 0 Å². The van der Waals surface area contributed by atoms with Crippen LogP contribution in [-0.4, -0.2) is 16.0 Å². The number of hydrogen-bond donors (Lipinski definition) is 1. The summed E-state index contributed by atoms with van der Waals surface area (Å²) in [6.45, 7) is 6.19. The lowest BCUT2D eigenvalue weighted by molar-refractivity contribution is -0.144. The van der Waals surface area contributed by atoms with E-state index in [0.29, 0.717) is 18.3 Å². The molecule has 1 rings (SSSR count). The Labute approximate surface area is 90.6 Å². The van der Waals surface area contributed by atoms with Crippen molar-refractivity contribution >= 4 is 17.6 Å². The molecule has 0 aromatic rings. The third-order valence-electron chi connectivity index (χ3n) is 3.36. The van der Waals surface area contributed by atoms with E-state index in [1.807, 2.05) is 0 Å². The van der Waals surface area contributed by atoms with Gasteiger partial charge in [-0.1, -0.05) is 27.2 Å². The Morgan fingerprint density at radius 3 is 2.50 bits per heavy atom. The molecule has 0 amide bonds. The van der Waals surface area contributed by atoms with E-state index >= 15 is 0 Å². The Morgan fingerprint density at radius 1 is 1.50 bits per heavy atom. The summed E-state index contributed by atoms with van der Waals surface area (Å²) < 4.78 is 0. The van der Waals surface area contributed by atoms with Crippen LogP contribution in [0.2, 0.25) is 0 Å². The minimum absolute atomic E-state index is 0.109. The number of hydrogen-bond acceptors (Lipinski definition) is 1. The molecular weight excluding hydrogens is 200 g/mol. The van der Waals surface area contributed by atoms with Gasteiger partial charge in [0, 0.05) is 0 Å². The lowest BCUT2D eigenvalue weighted by Crippen LogP contribution is -2.47. The fourth-order valence-electron chi connectivity index (χ4n) is 2.56. The second-order valence-electron chi connectivity index (χ2n) is 4.90. The molecule has 1 fully saturated rings. The Balaban J connectivity index is 2.88. The molecule has 0 radical (unpaired) electrons. The van der Waals surface area contributed by atoms with Crippen LogP contribution in [0.3, 0.4) is 0 Å². The van der Waals surface area contributed by atoms with Crippen LogP contribution < -0.4 is 0 Å². The fourth-order valence-corrected chi connectivity index (χ4v) is 3.19. The van der Waals surface area contributed by atoms with Gasteiger partial charge < -0.3 is 5.11 Å². The minimum atomic E-state index is -1.02. The quantitative estimate of drug-likeness (QED) is 0.723. The zero-order chi connectivity index (χ0) is 10.9. The molecule has 1 aliphatic rings. The third kappa shape index (κ3) is 2.05. The van der Waals surface area contributed by atoms with Crippen molar-refractivity contribution in [3.63, 3.8) is 0 Å². The van der Waals surface area contributed by atoms with E-state index in [2.05, 4.69) is 20.8 Å². The monoisotopic (exact) mass is 218 g/mol. The molecule has 3 unspecified atom stereocenters. The maximum absolute atomic E-state index is 11.2. The van der Waals surface area contributed by atoms with Gasteiger partial charge in [-0.2, -0.15) is 0 Å². The van der Waals surface area contributed by atoms with E-state index in [4.69, 9.17) is 11.6 Å². The summed E-state index contributed by atoms with van der Waals surface area (Å²) in [6, 6.07) is 0. The summed E-state index contributed by atoms with van der Waals surface area (Å²) >= 11 is 6.27. The summed E-state index contributed by atoms with van der Waals surface area (Å²) in [5, 5.41) is 9.20. The van der Waals surface area contributed by atoms with Gasteiger partial charge in [-0.3, -0.25) is 4.79 Å². The van der Waals surface area contributed by atoms with Gasteiger partial charge in [0.25, 0.3) is 0 Å². The molecule has 0 heterocycles. The third-order valence-corrected chi connectivity index (χ3v) is 3.96. The van der Waals surface area contributed by atoms with Gasteiger partial charge in [0.05, 0.1) is 0 Å². The van der Waals surface area contributed by atoms with Crippen LogP contribution in [0.4, 0.5) is 0 Å². The predicted octanol–water partition coefficient (Wildman–Crippen LogP) is 3.14. The van der Waals surface area contributed by atoms with Crippen molar-refractivity contribution in [2.24, 2.45) is 17.8 Å². The van der Waals surface area contributed by atoms with Crippen molar-refractivity contribution in [3.8, 4) is 0 Å². The lowest BCUT2D eigenvalue weighted by Gasteiger charge is -2.41. The predicted molar refractivity (Wildman–Crippen MR) is 57.6 cm³/mol. The highest BCUT2D eigenvalue weighted by Crippen LogP contribution is 2.45. The second kappa shape index (κ2) is 4.09. The van der Waals surface area contributed by atoms with Gasteiger partial charge in [-0.15, -0.1) is 11.6 Å². The Kier molecular flexibility index (Phi) is 3.46. The molecule has 3 heteroatoms. The molecule has 0 bridgehead atoms. The van der Waals surface area contributed by atoms with E-state index in [0.717, 1.165) is 12.8 Å². The zero-order valence-electron chi connectivity index (χ0n) is 9.09. The van der Waals surface area contributed by atoms with Gasteiger partial charge in [0.1, 0.15) is 4.87 Å². The van der Waals surface area contributed by atoms with E-state index in [1.54, 1.807) is 0 Å². The molecule has 0 aromatic heterocycles. The summed E-state index contributed by atoms with van der Waals surface area (Å²) in [7, 11) is 0. The van der Waals surface area contributed by atoms with Crippen molar-refractivity contribution in [1.29, 1.82) is 0 Å². The van der Waals surface area contributed by atoms with E-state index < -0.39 is 10.8 Å². The topological polar surface area (TPSA) is 37.3 Å². The largest absolute Gasteiger partial charge is 0.480 e. The molecule has 0 saturated heterocycles. The number of alkyl halides is 1. The van der Waals surface area contributed by atoms with Crippen molar-refractivity contribution in [1.82, 2.24) is 0 Å². The maximum atomic E-state index is 11.2. The number of halogens is 1. The highest BCUT2D eigenvalue weighted by molar-refractivity contribution is 6.34. The van der Waals surface area contributed by atoms with Crippen LogP contribution in [0.5, 0.6) is 0 Å². The summed E-state index contributed by atoms with van der Waals surface area (Å²) in [5.74, 6) is 0.0389. The van der Waals surface area contributed by atoms with E-state index in [9.17, 15) is 9.90 Å². The van der Waals surface area contributed by atoms with Crippen molar-refractivity contribution < 1.29 is 9.90 Å². The van der Waals surface area contributed by atoms with Crippen LogP contribution in [0.25, 0.3) is 0 Å². The average Bonchev–Trinajstić information content (AvgIpc) is 2.02. The fraction of sp³-hybridized carbons (Fsp3) is 0.909. The molecule has 0 spiro atoms. The first-order chi connectivity index (χ1) is 6.38. The second-order valence-corrected chi connectivity index (χ2v) is 5.58. The van der Waals surface area contributed by atoms with Crippen LogP contribution in [0, 0.1) is 17.8 Å². The van der Waals surface area contributed by atoms with Crippen LogP contribution in [0.15, 0.2) is 0 Å². The molecule has 82 valence electrons. The van der Waals surface area contributed by atoms with Gasteiger partial charge >= 0.3 is 5.97 Å². The van der Waals surface area contributed by atoms with Crippen LogP contribution in [-0.2, 0) is 4.79 Å². The lowest BCUT2D eigenvalue weighted by atomic mass is 9.69. The van der Waals surface area contributed by atoms with Crippen molar-refractivity contribution in [3.05, 3.63) is 0 Å². The number of rotatable bonds is 2. The average molecular weight is 219 g/mol. The number of carboxylic acids is 1. The molecule has 0 aromatic carbocycles. The highest BCUT2D eigenvalue weighted by atomic mass is 35.5. The molecule has 1 N–H and O–H groups in total. The molecule has 1 aliphatic carbocycles. The molecule has 3 atom stereocenters. The molecule has 0 aliphatic heterocycles. The number of aliphatic carboxylic acids is 1. The molecular formula is C11H19ClO2. The Hall–Kier alpha value is -0.240. The first kappa shape index (κ1) is 11.8. The first-order valence-electron chi connectivity index (χ1n) is 5.30. The first-order valence-corrected chi connectivity index (χ1v) is 5.68. The molecule has 1 saturated carbocycles. The standard InChI is InChI=1S/C11H19ClO2/c1-7(2)9-5-4-8(3)6-11(9,12)10(13)14/h7-9H,4-6H2,1-3H3,(H,13,14). The van der Waals surface area contributed by atoms with E-state index in [1.165, 1.54) is 0 Å². The number of carboxylic acid groups (broad SMARTS) is 1. The van der Waals surface area contributed by atoms with Crippen molar-refractivity contribution in [2.45, 2.75) is 44.9 Å². The van der Waals surface area contributed by atoms with Gasteiger partial charge in [-0.05, 0) is 30.6 Å². The SMILES string of the molecule is CC1CCC(C(C)C)C(Cl)(C(=O)O)C1. The van der Waals surface area contributed by atoms with Gasteiger partial charge in [-0.25, -0.2) is 0 Å². The van der Waals surface area contributed by atoms with Gasteiger partial charge in [0.2, 0.25) is 0 Å². The number of carbonyl (C=O) groups is 1. The normalized spacial score (nSPS) is 38.6. The summed E-state index contributed by atoms with van der Waals surface area (Å²) in [5.41, 5.74) is 0. The smallest absolute Gasteiger partial charge is 0.325 e. The Bertz CT molecular complexity index is 227. The Morgan fingerprint density at radius 2 is 2.07 bits per heavy atom. The minimum Gasteiger partial charge on any atom is -0.480 e. The zero-order valence-corrected chi connectivity index (χ0v) is 9.84. The molecule has 14 heavy (non-hydrogen) atoms. The maximum Gasteiger partial charge on any atom is 0.325 e. The van der Waals surface area contributed by atoms with Crippen molar-refractivity contribution in [2.75, 3.05) is 0 Å². The highest BCUT2D eigenvalue weighted by Gasteiger charge is 2.48. The summed E-state index contributed by atoms with van der Waals surface area (Å²) in [4.78, 5) is 10.2. The van der Waals surface area contributed by atoms with Crippen LogP contribution in [0.1, 0.15) is 40.0 Å².